The Morgan fingerprint density at radius 1 is 0.789 bits per heavy atom. The molecule has 1 fully saturated rings. The first-order valence-electron chi connectivity index (χ1n) is 12.8. The maximum Gasteiger partial charge on any atom is 0.323 e. The number of methoxy groups -OCH3 is 2. The van der Waals surface area contributed by atoms with Crippen LogP contribution in [0.15, 0.2) is 72.8 Å². The summed E-state index contributed by atoms with van der Waals surface area (Å²) in [7, 11) is 3.32. The smallest absolute Gasteiger partial charge is 0.323 e. The van der Waals surface area contributed by atoms with Crippen molar-refractivity contribution in [1.82, 2.24) is 5.32 Å². The predicted octanol–water partition coefficient (Wildman–Crippen LogP) is 4.43. The fourth-order valence-corrected chi connectivity index (χ4v) is 4.48. The van der Waals surface area contributed by atoms with Crippen LogP contribution in [0.1, 0.15) is 16.8 Å². The van der Waals surface area contributed by atoms with Crippen LogP contribution in [0.4, 0.5) is 27.5 Å². The van der Waals surface area contributed by atoms with Crippen LogP contribution >= 0.6 is 0 Å². The first-order valence-corrected chi connectivity index (χ1v) is 12.8. The molecule has 0 unspecified atom stereocenters. The molecular weight excluding hydrogens is 482 g/mol. The van der Waals surface area contributed by atoms with Gasteiger partial charge in [0.25, 0.3) is 5.91 Å². The molecule has 1 aliphatic heterocycles. The van der Waals surface area contributed by atoms with E-state index in [0.29, 0.717) is 36.5 Å². The zero-order valence-electron chi connectivity index (χ0n) is 21.9. The number of rotatable bonds is 10. The summed E-state index contributed by atoms with van der Waals surface area (Å²) in [6, 6.07) is 22.3. The van der Waals surface area contributed by atoms with Crippen LogP contribution in [0.3, 0.4) is 0 Å². The number of carbonyl (C=O) groups is 2. The van der Waals surface area contributed by atoms with Crippen molar-refractivity contribution in [3.63, 3.8) is 0 Å². The number of ether oxygens (including phenoxy) is 2. The van der Waals surface area contributed by atoms with Gasteiger partial charge in [-0.2, -0.15) is 0 Å². The van der Waals surface area contributed by atoms with Gasteiger partial charge in [-0.05, 0) is 48.9 Å². The van der Waals surface area contributed by atoms with E-state index < -0.39 is 0 Å². The summed E-state index contributed by atoms with van der Waals surface area (Å²) in [6.45, 7) is 4.12. The van der Waals surface area contributed by atoms with E-state index in [-0.39, 0.29) is 11.9 Å². The highest BCUT2D eigenvalue weighted by Gasteiger charge is 2.24. The number of nitrogens with zero attached hydrogens (tertiary/aromatic N) is 2. The average Bonchev–Trinajstić information content (AvgIpc) is 2.96. The van der Waals surface area contributed by atoms with Gasteiger partial charge in [0.05, 0.1) is 18.4 Å². The lowest BCUT2D eigenvalue weighted by Gasteiger charge is -2.38. The lowest BCUT2D eigenvalue weighted by atomic mass is 10.1. The van der Waals surface area contributed by atoms with Crippen molar-refractivity contribution in [2.75, 3.05) is 74.0 Å². The summed E-state index contributed by atoms with van der Waals surface area (Å²) >= 11 is 0. The average molecular weight is 518 g/mol. The number of para-hydroxylation sites is 3. The van der Waals surface area contributed by atoms with Gasteiger partial charge in [-0.25, -0.2) is 4.79 Å². The van der Waals surface area contributed by atoms with E-state index in [1.165, 1.54) is 0 Å². The molecule has 1 aliphatic rings. The van der Waals surface area contributed by atoms with Crippen molar-refractivity contribution in [2.45, 2.75) is 6.42 Å². The summed E-state index contributed by atoms with van der Waals surface area (Å²) in [5, 5.41) is 8.63. The minimum atomic E-state index is -0.374. The van der Waals surface area contributed by atoms with Gasteiger partial charge in [-0.3, -0.25) is 4.79 Å². The third-order valence-corrected chi connectivity index (χ3v) is 6.39. The largest absolute Gasteiger partial charge is 0.495 e. The molecule has 0 spiro atoms. The van der Waals surface area contributed by atoms with Crippen LogP contribution in [0.5, 0.6) is 5.75 Å². The van der Waals surface area contributed by atoms with Crippen LogP contribution < -0.4 is 30.5 Å². The quantitative estimate of drug-likeness (QED) is 0.345. The second-order valence-corrected chi connectivity index (χ2v) is 8.93. The SMILES string of the molecule is COCCCNC(=O)c1cc(NC(=O)Nc2ccccc2)ccc1N1CCN(c2ccccc2OC)CC1. The molecule has 3 N–H and O–H groups in total. The minimum Gasteiger partial charge on any atom is -0.495 e. The molecule has 200 valence electrons. The Morgan fingerprint density at radius 2 is 1.45 bits per heavy atom. The number of nitrogens with one attached hydrogen (secondary N) is 3. The van der Waals surface area contributed by atoms with Gasteiger partial charge >= 0.3 is 6.03 Å². The van der Waals surface area contributed by atoms with E-state index >= 15 is 0 Å². The Hall–Kier alpha value is -4.24. The highest BCUT2D eigenvalue weighted by molar-refractivity contribution is 6.04. The summed E-state index contributed by atoms with van der Waals surface area (Å²) in [5.41, 5.74) is 3.64. The zero-order chi connectivity index (χ0) is 26.7. The van der Waals surface area contributed by atoms with E-state index in [0.717, 1.165) is 43.3 Å². The van der Waals surface area contributed by atoms with Crippen LogP contribution in [-0.2, 0) is 4.74 Å². The Morgan fingerprint density at radius 3 is 2.16 bits per heavy atom. The predicted molar refractivity (Wildman–Crippen MR) is 152 cm³/mol. The fraction of sp³-hybridized carbons (Fsp3) is 0.310. The monoisotopic (exact) mass is 517 g/mol. The normalized spacial score (nSPS) is 13.1. The summed E-state index contributed by atoms with van der Waals surface area (Å²) < 4.78 is 10.6. The van der Waals surface area contributed by atoms with Crippen LogP contribution in [0, 0.1) is 0 Å². The number of carbonyl (C=O) groups excluding carboxylic acids is 2. The molecule has 0 atom stereocenters. The molecule has 9 nitrogen and oxygen atoms in total. The molecular formula is C29H35N5O4. The number of hydrogen-bond acceptors (Lipinski definition) is 6. The molecule has 0 aromatic heterocycles. The molecule has 3 aromatic rings. The van der Waals surface area contributed by atoms with E-state index in [1.54, 1.807) is 20.3 Å². The first kappa shape index (κ1) is 26.8. The van der Waals surface area contributed by atoms with Crippen molar-refractivity contribution < 1.29 is 19.1 Å². The van der Waals surface area contributed by atoms with Crippen molar-refractivity contribution in [3.8, 4) is 5.75 Å². The summed E-state index contributed by atoms with van der Waals surface area (Å²) in [5.74, 6) is 0.664. The number of benzene rings is 3. The number of piperazine rings is 1. The number of amides is 3. The molecule has 3 aromatic carbocycles. The fourth-order valence-electron chi connectivity index (χ4n) is 4.48. The highest BCUT2D eigenvalue weighted by Crippen LogP contribution is 2.31. The standard InChI is InChI=1S/C29H35N5O4/c1-37-20-8-15-30-28(35)24-21-23(32-29(36)31-22-9-4-3-5-10-22)13-14-25(24)33-16-18-34(19-17-33)26-11-6-7-12-27(26)38-2/h3-7,9-14,21H,8,15-20H2,1-2H3,(H,30,35)(H2,31,32,36). The van der Waals surface area contributed by atoms with Gasteiger partial charge in [-0.1, -0.05) is 30.3 Å². The maximum atomic E-state index is 13.2. The number of hydrogen-bond donors (Lipinski definition) is 3. The lowest BCUT2D eigenvalue weighted by Crippen LogP contribution is -2.47. The molecule has 0 aliphatic carbocycles. The van der Waals surface area contributed by atoms with Crippen molar-refractivity contribution in [1.29, 1.82) is 0 Å². The van der Waals surface area contributed by atoms with Crippen LogP contribution in [0.25, 0.3) is 0 Å². The molecule has 4 rings (SSSR count). The third-order valence-electron chi connectivity index (χ3n) is 6.39. The number of anilines is 4. The van der Waals surface area contributed by atoms with Crippen LogP contribution in [-0.4, -0.2) is 65.5 Å². The van der Waals surface area contributed by atoms with E-state index in [2.05, 4.69) is 31.8 Å². The minimum absolute atomic E-state index is 0.185. The van der Waals surface area contributed by atoms with Gasteiger partial charge in [0.1, 0.15) is 5.75 Å². The van der Waals surface area contributed by atoms with Gasteiger partial charge in [0, 0.05) is 63.5 Å². The highest BCUT2D eigenvalue weighted by atomic mass is 16.5. The van der Waals surface area contributed by atoms with E-state index in [9.17, 15) is 9.59 Å². The van der Waals surface area contributed by atoms with Crippen molar-refractivity contribution in [2.24, 2.45) is 0 Å². The van der Waals surface area contributed by atoms with E-state index in [1.807, 2.05) is 60.7 Å². The summed E-state index contributed by atoms with van der Waals surface area (Å²) in [6.07, 6.45) is 0.715. The third kappa shape index (κ3) is 6.95. The second kappa shape index (κ2) is 13.3. The van der Waals surface area contributed by atoms with Gasteiger partial charge in [0.2, 0.25) is 0 Å². The lowest BCUT2D eigenvalue weighted by molar-refractivity contribution is 0.0949. The zero-order valence-corrected chi connectivity index (χ0v) is 21.9. The van der Waals surface area contributed by atoms with Crippen molar-refractivity contribution in [3.05, 3.63) is 78.4 Å². The summed E-state index contributed by atoms with van der Waals surface area (Å²) in [4.78, 5) is 30.3. The molecule has 0 saturated carbocycles. The molecule has 0 bridgehead atoms. The molecule has 9 heteroatoms. The van der Waals surface area contributed by atoms with Gasteiger partial charge in [0.15, 0.2) is 0 Å². The molecule has 1 heterocycles. The Bertz CT molecular complexity index is 1210. The molecule has 0 radical (unpaired) electrons. The van der Waals surface area contributed by atoms with Crippen molar-refractivity contribution >= 4 is 34.7 Å². The van der Waals surface area contributed by atoms with Crippen LogP contribution in [0.2, 0.25) is 0 Å². The first-order chi connectivity index (χ1) is 18.6. The Labute approximate surface area is 223 Å². The molecule has 3 amide bonds. The van der Waals surface area contributed by atoms with Gasteiger partial charge in [-0.15, -0.1) is 0 Å². The topological polar surface area (TPSA) is 95.2 Å². The second-order valence-electron chi connectivity index (χ2n) is 8.93. The number of urea groups is 1. The maximum absolute atomic E-state index is 13.2. The Kier molecular flexibility index (Phi) is 9.42. The van der Waals surface area contributed by atoms with E-state index in [4.69, 9.17) is 9.47 Å². The Balaban J connectivity index is 1.49. The van der Waals surface area contributed by atoms with Gasteiger partial charge < -0.3 is 35.2 Å². The molecule has 1 saturated heterocycles. The molecule has 38 heavy (non-hydrogen) atoms.